The quantitative estimate of drug-likeness (QED) is 0.244. The minimum atomic E-state index is -0.751. The van der Waals surface area contributed by atoms with Crippen LogP contribution in [0.2, 0.25) is 5.02 Å². The second-order valence-electron chi connectivity index (χ2n) is 11.5. The summed E-state index contributed by atoms with van der Waals surface area (Å²) in [6.45, 7) is 6.45. The summed E-state index contributed by atoms with van der Waals surface area (Å²) < 4.78 is 27.5. The lowest BCUT2D eigenvalue weighted by Crippen LogP contribution is -2.58. The van der Waals surface area contributed by atoms with Crippen LogP contribution in [-0.4, -0.2) is 46.3 Å². The normalized spacial score (nSPS) is 17.3. The first-order valence-corrected chi connectivity index (χ1v) is 14.0. The predicted molar refractivity (Wildman–Crippen MR) is 145 cm³/mol. The van der Waals surface area contributed by atoms with Crippen molar-refractivity contribution in [2.75, 3.05) is 19.6 Å². The van der Waals surface area contributed by atoms with E-state index in [0.29, 0.717) is 31.0 Å². The molecule has 9 heteroatoms. The molecule has 0 amide bonds. The monoisotopic (exact) mass is 557 g/mol. The molecule has 0 bridgehead atoms. The van der Waals surface area contributed by atoms with Crippen LogP contribution in [0, 0.1) is 23.0 Å². The number of benzene rings is 2. The zero-order valence-electron chi connectivity index (χ0n) is 21.5. The van der Waals surface area contributed by atoms with Crippen LogP contribution in [0.25, 0.3) is 10.6 Å². The third-order valence-corrected chi connectivity index (χ3v) is 8.74. The maximum absolute atomic E-state index is 14.2. The van der Waals surface area contributed by atoms with Gasteiger partial charge in [0.25, 0.3) is 0 Å². The molecule has 200 valence electrons. The lowest BCUT2D eigenvalue weighted by Gasteiger charge is -2.50. The maximum atomic E-state index is 14.2. The lowest BCUT2D eigenvalue weighted by molar-refractivity contribution is -0.126. The third-order valence-electron chi connectivity index (χ3n) is 7.51. The van der Waals surface area contributed by atoms with Crippen LogP contribution in [0.5, 0.6) is 0 Å². The van der Waals surface area contributed by atoms with Crippen LogP contribution in [-0.2, 0) is 10.2 Å². The van der Waals surface area contributed by atoms with Gasteiger partial charge >= 0.3 is 0 Å². The van der Waals surface area contributed by atoms with Crippen LogP contribution in [0.3, 0.4) is 0 Å². The molecule has 0 N–H and O–H groups in total. The summed E-state index contributed by atoms with van der Waals surface area (Å²) in [7, 11) is 0. The van der Waals surface area contributed by atoms with Gasteiger partial charge in [0.1, 0.15) is 17.4 Å². The van der Waals surface area contributed by atoms with Crippen LogP contribution in [0.15, 0.2) is 42.5 Å². The van der Waals surface area contributed by atoms with Gasteiger partial charge in [0.2, 0.25) is 0 Å². The Kier molecular flexibility index (Phi) is 7.50. The minimum Gasteiger partial charge on any atom is -0.302 e. The van der Waals surface area contributed by atoms with E-state index in [1.165, 1.54) is 18.9 Å². The highest BCUT2D eigenvalue weighted by molar-refractivity contribution is 7.16. The molecule has 2 aromatic carbocycles. The number of hydrogen-bond acceptors (Lipinski definition) is 6. The third kappa shape index (κ3) is 6.19. The summed E-state index contributed by atoms with van der Waals surface area (Å²) in [4.78, 5) is 29.0. The summed E-state index contributed by atoms with van der Waals surface area (Å²) in [5, 5.41) is 9.03. The van der Waals surface area contributed by atoms with Gasteiger partial charge in [-0.15, -0.1) is 10.2 Å². The second kappa shape index (κ2) is 10.5. The van der Waals surface area contributed by atoms with Gasteiger partial charge in [-0.25, -0.2) is 8.78 Å². The van der Waals surface area contributed by atoms with Gasteiger partial charge in [0.15, 0.2) is 15.8 Å². The molecule has 5 rings (SSSR count). The van der Waals surface area contributed by atoms with Gasteiger partial charge in [-0.1, -0.05) is 48.9 Å². The number of likely N-dealkylation sites (tertiary alicyclic amines) is 1. The van der Waals surface area contributed by atoms with Crippen molar-refractivity contribution >= 4 is 34.5 Å². The minimum absolute atomic E-state index is 0.107. The zero-order valence-corrected chi connectivity index (χ0v) is 23.0. The topological polar surface area (TPSA) is 63.2 Å². The zero-order chi connectivity index (χ0) is 27.1. The fourth-order valence-corrected chi connectivity index (χ4v) is 6.49. The summed E-state index contributed by atoms with van der Waals surface area (Å²) in [6, 6.07) is 10.8. The van der Waals surface area contributed by atoms with E-state index in [0.717, 1.165) is 41.5 Å². The average molecular weight is 558 g/mol. The fourth-order valence-electron chi connectivity index (χ4n) is 5.49. The highest BCUT2D eigenvalue weighted by Crippen LogP contribution is 2.43. The average Bonchev–Trinajstić information content (AvgIpc) is 3.50. The van der Waals surface area contributed by atoms with E-state index in [9.17, 15) is 18.4 Å². The van der Waals surface area contributed by atoms with Gasteiger partial charge in [-0.2, -0.15) is 0 Å². The smallest absolute Gasteiger partial charge is 0.194 e. The van der Waals surface area contributed by atoms with Crippen molar-refractivity contribution in [3.63, 3.8) is 0 Å². The number of Topliss-reactive ketones (excluding diaryl/α,β-unsaturated/α-hetero) is 2. The number of carbonyl (C=O) groups excluding carboxylic acids is 2. The molecular formula is C29H30ClF2N3O2S. The molecule has 2 fully saturated rings. The van der Waals surface area contributed by atoms with Crippen LogP contribution in [0.1, 0.15) is 61.3 Å². The summed E-state index contributed by atoms with van der Waals surface area (Å²) >= 11 is 7.18. The van der Waals surface area contributed by atoms with Crippen LogP contribution in [0.4, 0.5) is 8.78 Å². The summed E-state index contributed by atoms with van der Waals surface area (Å²) in [6.07, 6.45) is 3.31. The fraction of sp³-hybridized carbons (Fsp3) is 0.448. The molecule has 5 nitrogen and oxygen atoms in total. The lowest BCUT2D eigenvalue weighted by atomic mass is 9.69. The van der Waals surface area contributed by atoms with Crippen LogP contribution >= 0.6 is 22.9 Å². The van der Waals surface area contributed by atoms with E-state index >= 15 is 0 Å². The Bertz CT molecular complexity index is 1370. The van der Waals surface area contributed by atoms with E-state index in [4.69, 9.17) is 11.6 Å². The SMILES string of the molecule is CC(C)(CC(=O)CC1(CC(=O)c2nnc(-c3ccc(F)cc3F)s2)CN(CC2CC2)C1)c1cccc(Cl)c1. The molecule has 1 aliphatic carbocycles. The number of aromatic nitrogens is 2. The number of nitrogens with zero attached hydrogens (tertiary/aromatic N) is 3. The van der Waals surface area contributed by atoms with Crippen molar-refractivity contribution < 1.29 is 18.4 Å². The number of ketones is 2. The van der Waals surface area contributed by atoms with Crippen molar-refractivity contribution in [1.29, 1.82) is 0 Å². The number of hydrogen-bond donors (Lipinski definition) is 0. The Morgan fingerprint density at radius 3 is 2.55 bits per heavy atom. The van der Waals surface area contributed by atoms with E-state index in [1.807, 2.05) is 38.1 Å². The first-order valence-electron chi connectivity index (χ1n) is 12.8. The van der Waals surface area contributed by atoms with Crippen molar-refractivity contribution in [1.82, 2.24) is 15.1 Å². The molecule has 0 spiro atoms. The predicted octanol–water partition coefficient (Wildman–Crippen LogP) is 6.75. The van der Waals surface area contributed by atoms with Gasteiger partial charge in [0, 0.05) is 61.0 Å². The van der Waals surface area contributed by atoms with E-state index < -0.39 is 22.5 Å². The molecular weight excluding hydrogens is 528 g/mol. The van der Waals surface area contributed by atoms with E-state index in [1.54, 1.807) is 0 Å². The van der Waals surface area contributed by atoms with Gasteiger partial charge in [-0.3, -0.25) is 9.59 Å². The second-order valence-corrected chi connectivity index (χ2v) is 12.9. The Morgan fingerprint density at radius 1 is 1.11 bits per heavy atom. The first kappa shape index (κ1) is 27.0. The maximum Gasteiger partial charge on any atom is 0.194 e. The van der Waals surface area contributed by atoms with E-state index in [-0.39, 0.29) is 33.6 Å². The summed E-state index contributed by atoms with van der Waals surface area (Å²) in [5.41, 5.74) is 0.260. The standard InChI is InChI=1S/C29H30ClF2N3O2S/c1-28(2,19-4-3-5-20(30)10-19)12-22(36)13-29(16-35(17-29)15-18-6-7-18)14-25(37)27-34-33-26(38-27)23-9-8-21(31)11-24(23)32/h3-5,8-11,18H,6-7,12-17H2,1-2H3. The number of rotatable bonds is 11. The van der Waals surface area contributed by atoms with Crippen molar-refractivity contribution in [2.45, 2.75) is 51.4 Å². The van der Waals surface area contributed by atoms with Crippen LogP contribution < -0.4 is 0 Å². The molecule has 2 heterocycles. The van der Waals surface area contributed by atoms with Crippen molar-refractivity contribution in [3.8, 4) is 10.6 Å². The number of carbonyl (C=O) groups is 2. The van der Waals surface area contributed by atoms with Crippen molar-refractivity contribution in [2.24, 2.45) is 11.3 Å². The first-order chi connectivity index (χ1) is 18.0. The molecule has 1 aromatic heterocycles. The molecule has 2 aliphatic rings. The van der Waals surface area contributed by atoms with Crippen molar-refractivity contribution in [3.05, 3.63) is 69.7 Å². The molecule has 1 saturated carbocycles. The van der Waals surface area contributed by atoms with Gasteiger partial charge < -0.3 is 4.90 Å². The summed E-state index contributed by atoms with van der Waals surface area (Å²) in [5.74, 6) is -0.806. The molecule has 0 atom stereocenters. The molecule has 3 aromatic rings. The largest absolute Gasteiger partial charge is 0.302 e. The Hall–Kier alpha value is -2.55. The molecule has 1 saturated heterocycles. The number of halogens is 3. The molecule has 0 radical (unpaired) electrons. The van der Waals surface area contributed by atoms with Gasteiger partial charge in [0.05, 0.1) is 0 Å². The highest BCUT2D eigenvalue weighted by Gasteiger charge is 2.47. The van der Waals surface area contributed by atoms with Gasteiger partial charge in [-0.05, 0) is 54.0 Å². The Labute approximate surface area is 230 Å². The Balaban J connectivity index is 1.29. The molecule has 38 heavy (non-hydrogen) atoms. The van der Waals surface area contributed by atoms with E-state index in [2.05, 4.69) is 15.1 Å². The Morgan fingerprint density at radius 2 is 1.87 bits per heavy atom. The molecule has 0 unspecified atom stereocenters. The highest BCUT2D eigenvalue weighted by atomic mass is 35.5. The molecule has 1 aliphatic heterocycles.